The van der Waals surface area contributed by atoms with Crippen molar-refractivity contribution in [3.8, 4) is 5.75 Å². The van der Waals surface area contributed by atoms with Crippen molar-refractivity contribution in [3.63, 3.8) is 0 Å². The maximum Gasteiger partial charge on any atom is 0.242 e. The van der Waals surface area contributed by atoms with E-state index in [-0.39, 0.29) is 10.8 Å². The normalized spacial score (nSPS) is 15.4. The van der Waals surface area contributed by atoms with Gasteiger partial charge in [0.15, 0.2) is 0 Å². The lowest BCUT2D eigenvalue weighted by Crippen LogP contribution is -2.44. The molecule has 1 saturated heterocycles. The zero-order chi connectivity index (χ0) is 23.1. The van der Waals surface area contributed by atoms with E-state index in [9.17, 15) is 13.2 Å². The summed E-state index contributed by atoms with van der Waals surface area (Å²) in [6, 6.07) is 12.7. The van der Waals surface area contributed by atoms with Crippen molar-refractivity contribution in [2.24, 2.45) is 5.92 Å². The Balaban J connectivity index is 1.69. The maximum absolute atomic E-state index is 13.0. The van der Waals surface area contributed by atoms with Crippen molar-refractivity contribution >= 4 is 27.3 Å². The highest BCUT2D eigenvalue weighted by atomic mass is 32.2. The fourth-order valence-corrected chi connectivity index (χ4v) is 4.71. The van der Waals surface area contributed by atoms with Crippen LogP contribution in [0.25, 0.3) is 0 Å². The van der Waals surface area contributed by atoms with E-state index in [1.54, 1.807) is 12.1 Å². The van der Waals surface area contributed by atoms with Crippen LogP contribution in [0.1, 0.15) is 20.3 Å². The Morgan fingerprint density at radius 3 is 2.25 bits per heavy atom. The van der Waals surface area contributed by atoms with Gasteiger partial charge < -0.3 is 19.7 Å². The van der Waals surface area contributed by atoms with Gasteiger partial charge in [0.05, 0.1) is 25.2 Å². The molecule has 2 N–H and O–H groups in total. The first-order valence-corrected chi connectivity index (χ1v) is 12.2. The molecule has 9 heteroatoms. The lowest BCUT2D eigenvalue weighted by atomic mass is 10.0. The van der Waals surface area contributed by atoms with Crippen LogP contribution in [0.3, 0.4) is 0 Å². The van der Waals surface area contributed by atoms with E-state index in [1.807, 2.05) is 38.1 Å². The van der Waals surface area contributed by atoms with Crippen LogP contribution < -0.4 is 19.7 Å². The molecule has 0 radical (unpaired) electrons. The van der Waals surface area contributed by atoms with Crippen LogP contribution in [0.4, 0.5) is 11.4 Å². The van der Waals surface area contributed by atoms with Crippen LogP contribution in [0.15, 0.2) is 53.4 Å². The van der Waals surface area contributed by atoms with Gasteiger partial charge in [-0.3, -0.25) is 4.79 Å². The van der Waals surface area contributed by atoms with Gasteiger partial charge in [0, 0.05) is 24.5 Å². The SMILES string of the molecule is COc1ccc(S(=O)(=O)N[C@@H](CC(C)C)C(=O)Nc2ccc(N3CCOCC3)cc2)cc1. The first kappa shape index (κ1) is 24.0. The number of carbonyl (C=O) groups excluding carboxylic acids is 1. The molecule has 32 heavy (non-hydrogen) atoms. The van der Waals surface area contributed by atoms with E-state index in [4.69, 9.17) is 9.47 Å². The highest BCUT2D eigenvalue weighted by Crippen LogP contribution is 2.21. The summed E-state index contributed by atoms with van der Waals surface area (Å²) < 4.78 is 38.7. The number of nitrogens with zero attached hydrogens (tertiary/aromatic N) is 1. The standard InChI is InChI=1S/C23H31N3O5S/c1-17(2)16-22(25-32(28,29)21-10-8-20(30-3)9-11-21)23(27)24-18-4-6-19(7-5-18)26-12-14-31-15-13-26/h4-11,17,22,25H,12-16H2,1-3H3,(H,24,27)/t22-/m0/s1. The van der Waals surface area contributed by atoms with Crippen LogP contribution in [-0.4, -0.2) is 53.8 Å². The second-order valence-corrected chi connectivity index (χ2v) is 9.83. The van der Waals surface area contributed by atoms with Crippen molar-refractivity contribution in [2.45, 2.75) is 31.2 Å². The van der Waals surface area contributed by atoms with E-state index in [1.165, 1.54) is 19.2 Å². The summed E-state index contributed by atoms with van der Waals surface area (Å²) in [7, 11) is -2.36. The average molecular weight is 462 g/mol. The van der Waals surface area contributed by atoms with E-state index in [0.717, 1.165) is 18.8 Å². The number of rotatable bonds is 9. The van der Waals surface area contributed by atoms with Crippen LogP contribution in [0.5, 0.6) is 5.75 Å². The number of carbonyl (C=O) groups is 1. The number of methoxy groups -OCH3 is 1. The molecule has 1 aliphatic heterocycles. The minimum Gasteiger partial charge on any atom is -0.497 e. The topological polar surface area (TPSA) is 97.0 Å². The molecule has 8 nitrogen and oxygen atoms in total. The molecule has 1 aliphatic rings. The number of anilines is 2. The molecule has 0 spiro atoms. The third-order valence-corrected chi connectivity index (χ3v) is 6.69. The highest BCUT2D eigenvalue weighted by molar-refractivity contribution is 7.89. The van der Waals surface area contributed by atoms with Gasteiger partial charge in [-0.05, 0) is 60.9 Å². The Labute approximate surface area is 190 Å². The number of hydrogen-bond donors (Lipinski definition) is 2. The Bertz CT molecular complexity index is 985. The fourth-order valence-electron chi connectivity index (χ4n) is 3.50. The zero-order valence-electron chi connectivity index (χ0n) is 18.7. The Kier molecular flexibility index (Phi) is 8.11. The van der Waals surface area contributed by atoms with Crippen LogP contribution in [0, 0.1) is 5.92 Å². The number of sulfonamides is 1. The van der Waals surface area contributed by atoms with Gasteiger partial charge in [0.2, 0.25) is 15.9 Å². The molecule has 3 rings (SSSR count). The monoisotopic (exact) mass is 461 g/mol. The van der Waals surface area contributed by atoms with E-state index in [0.29, 0.717) is 31.1 Å². The minimum absolute atomic E-state index is 0.0784. The summed E-state index contributed by atoms with van der Waals surface area (Å²) >= 11 is 0. The first-order valence-electron chi connectivity index (χ1n) is 10.7. The summed E-state index contributed by atoms with van der Waals surface area (Å²) in [5, 5.41) is 2.84. The number of amides is 1. The second kappa shape index (κ2) is 10.8. The van der Waals surface area contributed by atoms with Gasteiger partial charge in [-0.1, -0.05) is 13.8 Å². The van der Waals surface area contributed by atoms with Crippen LogP contribution in [0.2, 0.25) is 0 Å². The molecule has 0 bridgehead atoms. The van der Waals surface area contributed by atoms with Gasteiger partial charge in [-0.25, -0.2) is 8.42 Å². The lowest BCUT2D eigenvalue weighted by molar-refractivity contribution is -0.118. The first-order chi connectivity index (χ1) is 15.3. The Hall–Kier alpha value is -2.62. The van der Waals surface area contributed by atoms with Crippen molar-refractivity contribution in [3.05, 3.63) is 48.5 Å². The number of ether oxygens (including phenoxy) is 2. The van der Waals surface area contributed by atoms with E-state index in [2.05, 4.69) is 14.9 Å². The molecule has 1 heterocycles. The van der Waals surface area contributed by atoms with Crippen molar-refractivity contribution in [1.82, 2.24) is 4.72 Å². The van der Waals surface area contributed by atoms with Gasteiger partial charge >= 0.3 is 0 Å². The average Bonchev–Trinajstić information content (AvgIpc) is 2.79. The number of nitrogens with one attached hydrogen (secondary N) is 2. The predicted octanol–water partition coefficient (Wildman–Crippen LogP) is 2.86. The summed E-state index contributed by atoms with van der Waals surface area (Å²) in [4.78, 5) is 15.3. The lowest BCUT2D eigenvalue weighted by Gasteiger charge is -2.29. The van der Waals surface area contributed by atoms with Crippen LogP contribution in [-0.2, 0) is 19.6 Å². The molecule has 0 aromatic heterocycles. The summed E-state index contributed by atoms with van der Waals surface area (Å²) in [6.07, 6.45) is 0.368. The number of morpholine rings is 1. The van der Waals surface area contributed by atoms with Crippen molar-refractivity contribution in [2.75, 3.05) is 43.6 Å². The Morgan fingerprint density at radius 1 is 1.06 bits per heavy atom. The van der Waals surface area contributed by atoms with E-state index >= 15 is 0 Å². The highest BCUT2D eigenvalue weighted by Gasteiger charge is 2.27. The smallest absolute Gasteiger partial charge is 0.242 e. The molecule has 0 aliphatic carbocycles. The summed E-state index contributed by atoms with van der Waals surface area (Å²) in [6.45, 7) is 6.94. The predicted molar refractivity (Wildman–Crippen MR) is 125 cm³/mol. The number of hydrogen-bond acceptors (Lipinski definition) is 6. The fraction of sp³-hybridized carbons (Fsp3) is 0.435. The molecule has 2 aromatic rings. The molecule has 0 saturated carbocycles. The maximum atomic E-state index is 13.0. The molecule has 1 atom stereocenters. The van der Waals surface area contributed by atoms with Gasteiger partial charge in [0.1, 0.15) is 11.8 Å². The van der Waals surface area contributed by atoms with Gasteiger partial charge in [-0.2, -0.15) is 4.72 Å². The third-order valence-electron chi connectivity index (χ3n) is 5.20. The second-order valence-electron chi connectivity index (χ2n) is 8.11. The Morgan fingerprint density at radius 2 is 1.69 bits per heavy atom. The van der Waals surface area contributed by atoms with Crippen molar-refractivity contribution < 1.29 is 22.7 Å². The molecule has 2 aromatic carbocycles. The van der Waals surface area contributed by atoms with Crippen molar-refractivity contribution in [1.29, 1.82) is 0 Å². The summed E-state index contributed by atoms with van der Waals surface area (Å²) in [5.74, 6) is 0.281. The molecule has 1 fully saturated rings. The largest absolute Gasteiger partial charge is 0.497 e. The molecular weight excluding hydrogens is 430 g/mol. The zero-order valence-corrected chi connectivity index (χ0v) is 19.5. The van der Waals surface area contributed by atoms with E-state index < -0.39 is 22.0 Å². The van der Waals surface area contributed by atoms with Gasteiger partial charge in [-0.15, -0.1) is 0 Å². The number of benzene rings is 2. The molecule has 174 valence electrons. The van der Waals surface area contributed by atoms with Gasteiger partial charge in [0.25, 0.3) is 0 Å². The third kappa shape index (κ3) is 6.44. The molecule has 0 unspecified atom stereocenters. The summed E-state index contributed by atoms with van der Waals surface area (Å²) in [5.41, 5.74) is 1.68. The molecular formula is C23H31N3O5S. The minimum atomic E-state index is -3.87. The molecule has 1 amide bonds. The quantitative estimate of drug-likeness (QED) is 0.596. The van der Waals surface area contributed by atoms with Crippen LogP contribution >= 0.6 is 0 Å².